The summed E-state index contributed by atoms with van der Waals surface area (Å²) in [5.74, 6) is 0. The summed E-state index contributed by atoms with van der Waals surface area (Å²) in [6.45, 7) is 0. The highest BCUT2D eigenvalue weighted by Crippen LogP contribution is 2.52. The second-order valence-electron chi connectivity index (χ2n) is 4.53. The van der Waals surface area contributed by atoms with Crippen LogP contribution >= 0.6 is 15.2 Å². The lowest BCUT2D eigenvalue weighted by Gasteiger charge is -2.16. The van der Waals surface area contributed by atoms with Gasteiger partial charge in [-0.25, -0.2) is 0 Å². The van der Waals surface area contributed by atoms with Crippen molar-refractivity contribution in [1.29, 1.82) is 0 Å². The molecule has 0 aliphatic rings. The lowest BCUT2D eigenvalue weighted by Crippen LogP contribution is -1.99. The maximum atomic E-state index is 12.2. The van der Waals surface area contributed by atoms with Crippen LogP contribution in [-0.4, -0.2) is 33.4 Å². The summed E-state index contributed by atoms with van der Waals surface area (Å²) in [7, 11) is -1.87. The summed E-state index contributed by atoms with van der Waals surface area (Å²) in [5, 5.41) is 11.1. The first kappa shape index (κ1) is 20.0. The van der Waals surface area contributed by atoms with E-state index in [4.69, 9.17) is 18.1 Å². The molecular formula is C12H19NO8P2. The van der Waals surface area contributed by atoms with Gasteiger partial charge in [-0.15, -0.1) is 0 Å². The van der Waals surface area contributed by atoms with Gasteiger partial charge in [-0.3, -0.25) is 19.2 Å². The molecule has 1 rings (SSSR count). The van der Waals surface area contributed by atoms with Crippen LogP contribution in [0.4, 0.5) is 5.69 Å². The van der Waals surface area contributed by atoms with Crippen LogP contribution in [0, 0.1) is 10.1 Å². The molecule has 11 heteroatoms. The second kappa shape index (κ2) is 8.15. The standard InChI is InChI=1S/C12H19NO8P2/c1-18-22(16,19-2)8-10-5-11(7-12(6-10)13(14)15)9-23(17,20-3)21-4/h5-7H,8-9H2,1-4H3. The third kappa shape index (κ3) is 5.49. The molecule has 0 saturated heterocycles. The topological polar surface area (TPSA) is 114 Å². The minimum Gasteiger partial charge on any atom is -0.312 e. The first-order valence-corrected chi connectivity index (χ1v) is 9.84. The molecule has 0 radical (unpaired) electrons. The van der Waals surface area contributed by atoms with Gasteiger partial charge in [0.25, 0.3) is 5.69 Å². The fourth-order valence-corrected chi connectivity index (χ4v) is 3.96. The van der Waals surface area contributed by atoms with Gasteiger partial charge in [0.05, 0.1) is 17.2 Å². The fourth-order valence-electron chi connectivity index (χ4n) is 1.89. The van der Waals surface area contributed by atoms with Crippen LogP contribution in [0.2, 0.25) is 0 Å². The number of nitro benzene ring substituents is 1. The Morgan fingerprint density at radius 2 is 1.22 bits per heavy atom. The van der Waals surface area contributed by atoms with Crippen molar-refractivity contribution < 1.29 is 32.1 Å². The van der Waals surface area contributed by atoms with Crippen LogP contribution in [0.3, 0.4) is 0 Å². The Balaban J connectivity index is 3.25. The number of nitrogens with zero attached hydrogens (tertiary/aromatic N) is 1. The van der Waals surface area contributed by atoms with Gasteiger partial charge in [0.2, 0.25) is 0 Å². The van der Waals surface area contributed by atoms with E-state index in [1.54, 1.807) is 0 Å². The highest BCUT2D eigenvalue weighted by atomic mass is 31.2. The molecule has 1 aromatic carbocycles. The average molecular weight is 367 g/mol. The van der Waals surface area contributed by atoms with E-state index in [1.165, 1.54) is 46.6 Å². The molecule has 0 atom stereocenters. The van der Waals surface area contributed by atoms with E-state index >= 15 is 0 Å². The maximum Gasteiger partial charge on any atom is 0.334 e. The zero-order valence-electron chi connectivity index (χ0n) is 13.3. The van der Waals surface area contributed by atoms with Gasteiger partial charge in [-0.05, 0) is 11.1 Å². The van der Waals surface area contributed by atoms with Crippen LogP contribution in [0.1, 0.15) is 11.1 Å². The Bertz CT molecular complexity index is 600. The Kier molecular flexibility index (Phi) is 7.07. The number of hydrogen-bond acceptors (Lipinski definition) is 8. The van der Waals surface area contributed by atoms with Crippen molar-refractivity contribution >= 4 is 20.9 Å². The van der Waals surface area contributed by atoms with Gasteiger partial charge in [-0.1, -0.05) is 6.07 Å². The van der Waals surface area contributed by atoms with Gasteiger partial charge in [0, 0.05) is 40.6 Å². The lowest BCUT2D eigenvalue weighted by molar-refractivity contribution is -0.385. The first-order valence-electron chi connectivity index (χ1n) is 6.39. The molecule has 0 aromatic heterocycles. The number of non-ortho nitro benzene ring substituents is 1. The third-order valence-corrected chi connectivity index (χ3v) is 6.84. The number of hydrogen-bond donors (Lipinski definition) is 0. The van der Waals surface area contributed by atoms with E-state index in [0.717, 1.165) is 0 Å². The van der Waals surface area contributed by atoms with E-state index in [-0.39, 0.29) is 18.0 Å². The molecule has 0 amide bonds. The molecule has 0 aliphatic carbocycles. The van der Waals surface area contributed by atoms with E-state index in [1.807, 2.05) is 0 Å². The van der Waals surface area contributed by atoms with Crippen molar-refractivity contribution in [2.24, 2.45) is 0 Å². The number of benzene rings is 1. The van der Waals surface area contributed by atoms with Crippen LogP contribution in [0.15, 0.2) is 18.2 Å². The smallest absolute Gasteiger partial charge is 0.312 e. The van der Waals surface area contributed by atoms with Crippen molar-refractivity contribution in [3.05, 3.63) is 39.4 Å². The predicted octanol–water partition coefficient (Wildman–Crippen LogP) is 3.57. The molecule has 0 saturated carbocycles. The third-order valence-electron chi connectivity index (χ3n) is 3.11. The average Bonchev–Trinajstić information content (AvgIpc) is 2.54. The molecule has 0 spiro atoms. The maximum absolute atomic E-state index is 12.2. The molecule has 0 fully saturated rings. The number of nitro groups is 1. The molecule has 0 heterocycles. The molecule has 1 aromatic rings. The van der Waals surface area contributed by atoms with Crippen LogP contribution in [0.5, 0.6) is 0 Å². The summed E-state index contributed by atoms with van der Waals surface area (Å²) < 4.78 is 43.7. The monoisotopic (exact) mass is 367 g/mol. The summed E-state index contributed by atoms with van der Waals surface area (Å²) in [5.41, 5.74) is 0.495. The van der Waals surface area contributed by atoms with E-state index in [0.29, 0.717) is 11.1 Å². The summed E-state index contributed by atoms with van der Waals surface area (Å²) in [6.07, 6.45) is -0.308. The normalized spacial score (nSPS) is 12.3. The van der Waals surface area contributed by atoms with Crippen molar-refractivity contribution in [3.63, 3.8) is 0 Å². The Labute approximate surface area is 134 Å². The molecule has 0 N–H and O–H groups in total. The summed E-state index contributed by atoms with van der Waals surface area (Å²) >= 11 is 0. The SMILES string of the molecule is COP(=O)(Cc1cc(CP(=O)(OC)OC)cc([N+](=O)[O-])c1)OC. The zero-order chi connectivity index (χ0) is 17.7. The molecule has 23 heavy (non-hydrogen) atoms. The molecule has 9 nitrogen and oxygen atoms in total. The van der Waals surface area contributed by atoms with Gasteiger partial charge in [0.1, 0.15) is 0 Å². The van der Waals surface area contributed by atoms with Crippen molar-refractivity contribution in [2.45, 2.75) is 12.3 Å². The Hall–Kier alpha value is -1.08. The van der Waals surface area contributed by atoms with Gasteiger partial charge in [0.15, 0.2) is 0 Å². The zero-order valence-corrected chi connectivity index (χ0v) is 15.0. The summed E-state index contributed by atoms with van der Waals surface area (Å²) in [6, 6.07) is 4.06. The van der Waals surface area contributed by atoms with Crippen LogP contribution in [-0.2, 0) is 39.5 Å². The Morgan fingerprint density at radius 1 is 0.870 bits per heavy atom. The van der Waals surface area contributed by atoms with Gasteiger partial charge >= 0.3 is 15.2 Å². The van der Waals surface area contributed by atoms with Gasteiger partial charge < -0.3 is 18.1 Å². The predicted molar refractivity (Wildman–Crippen MR) is 83.8 cm³/mol. The van der Waals surface area contributed by atoms with E-state index in [2.05, 4.69) is 0 Å². The lowest BCUT2D eigenvalue weighted by atomic mass is 10.1. The van der Waals surface area contributed by atoms with E-state index in [9.17, 15) is 19.2 Å². The molecule has 0 unspecified atom stereocenters. The number of rotatable bonds is 9. The highest BCUT2D eigenvalue weighted by Gasteiger charge is 2.26. The van der Waals surface area contributed by atoms with E-state index < -0.39 is 20.1 Å². The van der Waals surface area contributed by atoms with Crippen LogP contribution < -0.4 is 0 Å². The van der Waals surface area contributed by atoms with Crippen molar-refractivity contribution in [1.82, 2.24) is 0 Å². The Morgan fingerprint density at radius 3 is 1.48 bits per heavy atom. The quantitative estimate of drug-likeness (QED) is 0.370. The largest absolute Gasteiger partial charge is 0.334 e. The molecule has 130 valence electrons. The molecular weight excluding hydrogens is 348 g/mol. The van der Waals surface area contributed by atoms with Crippen molar-refractivity contribution in [3.8, 4) is 0 Å². The van der Waals surface area contributed by atoms with Gasteiger partial charge in [-0.2, -0.15) is 0 Å². The molecule has 0 aliphatic heterocycles. The minimum absolute atomic E-state index is 0.154. The van der Waals surface area contributed by atoms with Crippen molar-refractivity contribution in [2.75, 3.05) is 28.4 Å². The summed E-state index contributed by atoms with van der Waals surface area (Å²) in [4.78, 5) is 10.5. The first-order chi connectivity index (χ1) is 10.7. The fraction of sp³-hybridized carbons (Fsp3) is 0.500. The molecule has 0 bridgehead atoms. The van der Waals surface area contributed by atoms with Crippen LogP contribution in [0.25, 0.3) is 0 Å². The highest BCUT2D eigenvalue weighted by molar-refractivity contribution is 7.53. The minimum atomic E-state index is -3.39. The second-order valence-corrected chi connectivity index (χ2v) is 9.07.